The lowest BCUT2D eigenvalue weighted by molar-refractivity contribution is -0.127. The van der Waals surface area contributed by atoms with Crippen molar-refractivity contribution in [3.05, 3.63) is 29.8 Å². The molecule has 1 saturated heterocycles. The Morgan fingerprint density at radius 3 is 2.60 bits per heavy atom. The molecule has 0 spiro atoms. The molecule has 1 aromatic rings. The fraction of sp³-hybridized carbons (Fsp3) is 0.816. The van der Waals surface area contributed by atoms with Crippen molar-refractivity contribution in [2.24, 2.45) is 40.4 Å². The van der Waals surface area contributed by atoms with E-state index < -0.39 is 0 Å². The van der Waals surface area contributed by atoms with Crippen molar-refractivity contribution in [3.63, 3.8) is 0 Å². The lowest BCUT2D eigenvalue weighted by Gasteiger charge is -2.59. The summed E-state index contributed by atoms with van der Waals surface area (Å²) in [5.41, 5.74) is 1.66. The third kappa shape index (κ3) is 6.80. The maximum Gasteiger partial charge on any atom is 0.120 e. The van der Waals surface area contributed by atoms with E-state index in [1.807, 2.05) is 13.8 Å². The number of aldehydes is 1. The van der Waals surface area contributed by atoms with Crippen LogP contribution in [-0.4, -0.2) is 42.1 Å². The predicted molar refractivity (Wildman–Crippen MR) is 175 cm³/mol. The summed E-state index contributed by atoms with van der Waals surface area (Å²) in [6, 6.07) is 9.39. The molecule has 1 aromatic carbocycles. The van der Waals surface area contributed by atoms with Crippen LogP contribution in [0, 0.1) is 40.4 Å². The summed E-state index contributed by atoms with van der Waals surface area (Å²) in [5.74, 6) is 4.37. The molecule has 0 radical (unpaired) electrons. The van der Waals surface area contributed by atoms with Gasteiger partial charge in [0.15, 0.2) is 0 Å². The van der Waals surface area contributed by atoms with Crippen LogP contribution in [0.1, 0.15) is 137 Å². The molecule has 8 atom stereocenters. The third-order valence-corrected chi connectivity index (χ3v) is 12.3. The van der Waals surface area contributed by atoms with Gasteiger partial charge in [-0.1, -0.05) is 66.5 Å². The number of fused-ring (bicyclic) bond motifs is 3. The van der Waals surface area contributed by atoms with E-state index in [1.54, 1.807) is 0 Å². The van der Waals surface area contributed by atoms with Crippen LogP contribution in [0.25, 0.3) is 0 Å². The number of piperidine rings is 1. The van der Waals surface area contributed by atoms with E-state index >= 15 is 0 Å². The highest BCUT2D eigenvalue weighted by atomic mass is 16.5. The van der Waals surface area contributed by atoms with E-state index in [0.29, 0.717) is 42.7 Å². The zero-order chi connectivity index (χ0) is 30.3. The molecule has 4 nitrogen and oxygen atoms in total. The highest BCUT2D eigenvalue weighted by molar-refractivity contribution is 5.49. The number of aliphatic hydroxyl groups excluding tert-OH is 1. The van der Waals surface area contributed by atoms with Crippen molar-refractivity contribution in [1.82, 2.24) is 4.90 Å². The quantitative estimate of drug-likeness (QED) is 0.265. The molecule has 0 bridgehead atoms. The standard InChI is InChI=1S/C36H57NO3.C2H6/c1-5-28-13-14-30-31(35(28,4)18-9-22-38)17-19-36(32(30)15-16-34(36)39)20-23-40-29-11-8-10-27(24-29)33-12-6-7-21-37(33)25-26(2)3;1-2/h8,10-11,22,24,26,28,30-34,39H,5-7,9,12-21,23,25H2,1-4H3;1-2H3/t28?,30?,31?,32?,33?,34?,35?,36-;/m1./s1. The van der Waals surface area contributed by atoms with Crippen LogP contribution in [0.4, 0.5) is 0 Å². The molecule has 0 aromatic heterocycles. The number of benzene rings is 1. The molecular formula is C38H63NO3. The number of carbonyl (C=O) groups excluding carboxylic acids is 1. The predicted octanol–water partition coefficient (Wildman–Crippen LogP) is 9.25. The Morgan fingerprint density at radius 2 is 1.86 bits per heavy atom. The van der Waals surface area contributed by atoms with E-state index in [0.717, 1.165) is 56.6 Å². The minimum atomic E-state index is -0.203. The number of rotatable bonds is 11. The van der Waals surface area contributed by atoms with Gasteiger partial charge < -0.3 is 14.6 Å². The Kier molecular flexibility index (Phi) is 12.0. The van der Waals surface area contributed by atoms with Gasteiger partial charge in [0, 0.05) is 24.4 Å². The lowest BCUT2D eigenvalue weighted by Crippen LogP contribution is -2.53. The Bertz CT molecular complexity index is 979. The highest BCUT2D eigenvalue weighted by Crippen LogP contribution is 2.66. The van der Waals surface area contributed by atoms with Gasteiger partial charge in [-0.2, -0.15) is 0 Å². The summed E-state index contributed by atoms with van der Waals surface area (Å²) >= 11 is 0. The molecule has 1 aliphatic heterocycles. The molecule has 0 amide bonds. The fourth-order valence-electron chi connectivity index (χ4n) is 10.5. The first-order valence-electron chi connectivity index (χ1n) is 17.9. The summed E-state index contributed by atoms with van der Waals surface area (Å²) in [4.78, 5) is 14.1. The summed E-state index contributed by atoms with van der Waals surface area (Å²) in [6.07, 6.45) is 15.7. The minimum Gasteiger partial charge on any atom is -0.494 e. The van der Waals surface area contributed by atoms with Crippen LogP contribution in [0.5, 0.6) is 5.75 Å². The van der Waals surface area contributed by atoms with Gasteiger partial charge >= 0.3 is 0 Å². The molecule has 4 fully saturated rings. The Hall–Kier alpha value is -1.39. The van der Waals surface area contributed by atoms with E-state index in [-0.39, 0.29) is 16.9 Å². The molecule has 3 saturated carbocycles. The largest absolute Gasteiger partial charge is 0.494 e. The maximum atomic E-state index is 11.4. The van der Waals surface area contributed by atoms with Crippen LogP contribution < -0.4 is 4.74 Å². The van der Waals surface area contributed by atoms with E-state index in [2.05, 4.69) is 56.9 Å². The molecule has 3 aliphatic carbocycles. The van der Waals surface area contributed by atoms with Gasteiger partial charge in [0.25, 0.3) is 0 Å². The topological polar surface area (TPSA) is 49.8 Å². The van der Waals surface area contributed by atoms with Gasteiger partial charge in [0.05, 0.1) is 12.7 Å². The maximum absolute atomic E-state index is 11.4. The number of carbonyl (C=O) groups is 1. The summed E-state index contributed by atoms with van der Waals surface area (Å²) in [5, 5.41) is 11.4. The molecule has 4 aliphatic rings. The average molecular weight is 582 g/mol. The molecule has 7 unspecified atom stereocenters. The van der Waals surface area contributed by atoms with Crippen LogP contribution >= 0.6 is 0 Å². The fourth-order valence-corrected chi connectivity index (χ4v) is 10.5. The molecule has 5 rings (SSSR count). The Labute approximate surface area is 258 Å². The van der Waals surface area contributed by atoms with Crippen LogP contribution in [0.3, 0.4) is 0 Å². The van der Waals surface area contributed by atoms with Gasteiger partial charge in [-0.05, 0) is 123 Å². The highest BCUT2D eigenvalue weighted by Gasteiger charge is 2.60. The zero-order valence-corrected chi connectivity index (χ0v) is 28.0. The van der Waals surface area contributed by atoms with Crippen molar-refractivity contribution < 1.29 is 14.6 Å². The van der Waals surface area contributed by atoms with Gasteiger partial charge in [-0.15, -0.1) is 0 Å². The lowest BCUT2D eigenvalue weighted by atomic mass is 9.46. The number of ether oxygens (including phenoxy) is 1. The van der Waals surface area contributed by atoms with Crippen molar-refractivity contribution in [2.75, 3.05) is 19.7 Å². The number of nitrogens with zero attached hydrogens (tertiary/aromatic N) is 1. The van der Waals surface area contributed by atoms with Crippen molar-refractivity contribution in [1.29, 1.82) is 0 Å². The van der Waals surface area contributed by atoms with Crippen LogP contribution in [-0.2, 0) is 4.79 Å². The second kappa shape index (κ2) is 15.1. The van der Waals surface area contributed by atoms with Crippen LogP contribution in [0.2, 0.25) is 0 Å². The molecule has 42 heavy (non-hydrogen) atoms. The number of aliphatic hydroxyl groups is 1. The number of hydrogen-bond acceptors (Lipinski definition) is 4. The molecular weight excluding hydrogens is 518 g/mol. The number of likely N-dealkylation sites (tertiary alicyclic amines) is 1. The monoisotopic (exact) mass is 581 g/mol. The van der Waals surface area contributed by atoms with Crippen LogP contribution in [0.15, 0.2) is 24.3 Å². The van der Waals surface area contributed by atoms with Crippen molar-refractivity contribution in [2.45, 2.75) is 137 Å². The normalized spacial score (nSPS) is 36.5. The first kappa shape index (κ1) is 33.5. The first-order valence-corrected chi connectivity index (χ1v) is 17.9. The van der Waals surface area contributed by atoms with Crippen molar-refractivity contribution >= 4 is 6.29 Å². The SMILES string of the molecule is CC.CCC1CCC2C(CC[C@]3(CCOc4cccc(C5CCCCN5CC(C)C)c4)C(O)CCC23)C1(C)CCC=O. The Balaban J connectivity index is 0.00000198. The van der Waals surface area contributed by atoms with E-state index in [9.17, 15) is 9.90 Å². The molecule has 238 valence electrons. The molecule has 1 heterocycles. The second-order valence-electron chi connectivity index (χ2n) is 14.7. The molecule has 4 heteroatoms. The van der Waals surface area contributed by atoms with E-state index in [4.69, 9.17) is 4.74 Å². The van der Waals surface area contributed by atoms with Gasteiger partial charge in [0.2, 0.25) is 0 Å². The number of hydrogen-bond donors (Lipinski definition) is 1. The first-order chi connectivity index (χ1) is 20.3. The summed E-state index contributed by atoms with van der Waals surface area (Å²) in [6.45, 7) is 16.5. The molecule has 1 N–H and O–H groups in total. The van der Waals surface area contributed by atoms with Crippen molar-refractivity contribution in [3.8, 4) is 5.75 Å². The van der Waals surface area contributed by atoms with Gasteiger partial charge in [-0.25, -0.2) is 0 Å². The third-order valence-electron chi connectivity index (χ3n) is 12.3. The average Bonchev–Trinajstić information content (AvgIpc) is 3.33. The van der Waals surface area contributed by atoms with E-state index in [1.165, 1.54) is 57.1 Å². The smallest absolute Gasteiger partial charge is 0.120 e. The zero-order valence-electron chi connectivity index (χ0n) is 28.0. The summed E-state index contributed by atoms with van der Waals surface area (Å²) < 4.78 is 6.50. The summed E-state index contributed by atoms with van der Waals surface area (Å²) in [7, 11) is 0. The Morgan fingerprint density at radius 1 is 1.05 bits per heavy atom. The van der Waals surface area contributed by atoms with Gasteiger partial charge in [-0.3, -0.25) is 4.90 Å². The minimum absolute atomic E-state index is 0.000824. The second-order valence-corrected chi connectivity index (χ2v) is 14.7. The van der Waals surface area contributed by atoms with Gasteiger partial charge in [0.1, 0.15) is 12.0 Å².